The number of hydrogen-bond acceptors (Lipinski definition) is 4. The maximum Gasteiger partial charge on any atom is 0.234 e. The van der Waals surface area contributed by atoms with Gasteiger partial charge in [0.25, 0.3) is 0 Å². The summed E-state index contributed by atoms with van der Waals surface area (Å²) in [6.07, 6.45) is 5.11. The largest absolute Gasteiger partial charge is 0.349 e. The van der Waals surface area contributed by atoms with E-state index in [1.807, 2.05) is 6.92 Å². The van der Waals surface area contributed by atoms with Gasteiger partial charge in [0.15, 0.2) is 9.84 Å². The van der Waals surface area contributed by atoms with Gasteiger partial charge in [0.2, 0.25) is 5.91 Å². The number of sulfone groups is 1. The lowest BCUT2D eigenvalue weighted by Gasteiger charge is -2.32. The molecule has 2 saturated heterocycles. The summed E-state index contributed by atoms with van der Waals surface area (Å²) in [7, 11) is -3.00. The van der Waals surface area contributed by atoms with E-state index in [0.29, 0.717) is 13.0 Å². The summed E-state index contributed by atoms with van der Waals surface area (Å²) in [6.45, 7) is 6.22. The van der Waals surface area contributed by atoms with Gasteiger partial charge in [-0.2, -0.15) is 0 Å². The molecule has 0 aliphatic carbocycles. The van der Waals surface area contributed by atoms with Gasteiger partial charge in [-0.1, -0.05) is 29.8 Å². The molecule has 150 valence electrons. The SMILES string of the molecule is Cc1ccc(CCC2CCN(CC(=O)NC3(C)CCS(=O)(=O)C3)CC2)cc1. The quantitative estimate of drug-likeness (QED) is 0.807. The molecule has 0 bridgehead atoms. The second kappa shape index (κ2) is 8.31. The van der Waals surface area contributed by atoms with E-state index < -0.39 is 15.4 Å². The van der Waals surface area contributed by atoms with Crippen LogP contribution >= 0.6 is 0 Å². The molecule has 5 nitrogen and oxygen atoms in total. The van der Waals surface area contributed by atoms with E-state index in [1.165, 1.54) is 17.5 Å². The Hall–Kier alpha value is -1.40. The summed E-state index contributed by atoms with van der Waals surface area (Å²) in [5, 5.41) is 2.96. The molecule has 0 radical (unpaired) electrons. The van der Waals surface area contributed by atoms with Crippen LogP contribution in [0, 0.1) is 12.8 Å². The standard InChI is InChI=1S/C21H32N2O3S/c1-17-3-5-18(6-4-17)7-8-19-9-12-23(13-10-19)15-20(24)22-21(2)11-14-27(25,26)16-21/h3-6,19H,7-16H2,1-2H3,(H,22,24). The first kappa shape index (κ1) is 20.3. The van der Waals surface area contributed by atoms with Gasteiger partial charge in [-0.25, -0.2) is 8.42 Å². The van der Waals surface area contributed by atoms with E-state index in [0.717, 1.165) is 38.3 Å². The minimum absolute atomic E-state index is 0.0484. The van der Waals surface area contributed by atoms with Crippen molar-refractivity contribution in [1.29, 1.82) is 0 Å². The van der Waals surface area contributed by atoms with Crippen molar-refractivity contribution >= 4 is 15.7 Å². The molecule has 0 saturated carbocycles. The number of nitrogens with zero attached hydrogens (tertiary/aromatic N) is 1. The van der Waals surface area contributed by atoms with Crippen molar-refractivity contribution in [2.24, 2.45) is 5.92 Å². The molecule has 0 spiro atoms. The van der Waals surface area contributed by atoms with Crippen molar-refractivity contribution in [2.75, 3.05) is 31.1 Å². The molecule has 2 heterocycles. The topological polar surface area (TPSA) is 66.5 Å². The van der Waals surface area contributed by atoms with Crippen molar-refractivity contribution in [3.05, 3.63) is 35.4 Å². The van der Waals surface area contributed by atoms with Crippen molar-refractivity contribution < 1.29 is 13.2 Å². The van der Waals surface area contributed by atoms with Gasteiger partial charge in [-0.3, -0.25) is 9.69 Å². The molecule has 3 rings (SSSR count). The smallest absolute Gasteiger partial charge is 0.234 e. The van der Waals surface area contributed by atoms with Crippen LogP contribution in [0.3, 0.4) is 0 Å². The first-order valence-corrected chi connectivity index (χ1v) is 11.8. The zero-order valence-corrected chi connectivity index (χ0v) is 17.4. The Kier molecular flexibility index (Phi) is 6.26. The van der Waals surface area contributed by atoms with Crippen LogP contribution in [0.1, 0.15) is 43.7 Å². The number of piperidine rings is 1. The van der Waals surface area contributed by atoms with Crippen LogP contribution in [0.25, 0.3) is 0 Å². The van der Waals surface area contributed by atoms with E-state index >= 15 is 0 Å². The van der Waals surface area contributed by atoms with Gasteiger partial charge in [0, 0.05) is 0 Å². The highest BCUT2D eigenvalue weighted by molar-refractivity contribution is 7.91. The summed E-state index contributed by atoms with van der Waals surface area (Å²) in [5.74, 6) is 0.916. The van der Waals surface area contributed by atoms with Crippen LogP contribution in [0.2, 0.25) is 0 Å². The van der Waals surface area contributed by atoms with Crippen LogP contribution in [-0.2, 0) is 21.1 Å². The molecule has 1 aromatic carbocycles. The Labute approximate surface area is 163 Å². The molecule has 0 aromatic heterocycles. The van der Waals surface area contributed by atoms with Gasteiger partial charge in [-0.15, -0.1) is 0 Å². The third-order valence-corrected chi connectivity index (χ3v) is 7.88. The fourth-order valence-corrected chi connectivity index (χ4v) is 6.34. The van der Waals surface area contributed by atoms with Crippen molar-refractivity contribution in [3.8, 4) is 0 Å². The highest BCUT2D eigenvalue weighted by Gasteiger charge is 2.39. The fraction of sp³-hybridized carbons (Fsp3) is 0.667. The predicted octanol–water partition coefficient (Wildman–Crippen LogP) is 2.33. The number of carbonyl (C=O) groups is 1. The Balaban J connectivity index is 1.38. The number of hydrogen-bond donors (Lipinski definition) is 1. The molecule has 2 fully saturated rings. The van der Waals surface area contributed by atoms with E-state index in [2.05, 4.69) is 41.4 Å². The Bertz CT molecular complexity index is 752. The lowest BCUT2D eigenvalue weighted by Crippen LogP contribution is -2.51. The van der Waals surface area contributed by atoms with Crippen LogP contribution < -0.4 is 5.32 Å². The Morgan fingerprint density at radius 1 is 1.22 bits per heavy atom. The van der Waals surface area contributed by atoms with E-state index in [9.17, 15) is 13.2 Å². The number of aryl methyl sites for hydroxylation is 2. The molecule has 1 aromatic rings. The average Bonchev–Trinajstić information content (AvgIpc) is 2.88. The number of rotatable bonds is 6. The van der Waals surface area contributed by atoms with Crippen LogP contribution in [0.15, 0.2) is 24.3 Å². The molecule has 1 N–H and O–H groups in total. The van der Waals surface area contributed by atoms with Crippen LogP contribution in [-0.4, -0.2) is 55.9 Å². The zero-order chi connectivity index (χ0) is 19.5. The summed E-state index contributed by atoms with van der Waals surface area (Å²) in [6, 6.07) is 8.79. The monoisotopic (exact) mass is 392 g/mol. The summed E-state index contributed by atoms with van der Waals surface area (Å²) < 4.78 is 23.3. The third-order valence-electron chi connectivity index (χ3n) is 5.98. The first-order valence-electron chi connectivity index (χ1n) is 10.0. The normalized spacial score (nSPS) is 26.1. The lowest BCUT2D eigenvalue weighted by atomic mass is 9.90. The minimum atomic E-state index is -3.00. The number of likely N-dealkylation sites (tertiary alicyclic amines) is 1. The number of carbonyl (C=O) groups excluding carboxylic acids is 1. The van der Waals surface area contributed by atoms with E-state index in [1.54, 1.807) is 0 Å². The van der Waals surface area contributed by atoms with E-state index in [4.69, 9.17) is 0 Å². The van der Waals surface area contributed by atoms with Gasteiger partial charge in [0.1, 0.15) is 0 Å². The number of benzene rings is 1. The van der Waals surface area contributed by atoms with Gasteiger partial charge in [-0.05, 0) is 70.5 Å². The molecule has 1 unspecified atom stereocenters. The Morgan fingerprint density at radius 3 is 2.48 bits per heavy atom. The summed E-state index contributed by atoms with van der Waals surface area (Å²) >= 11 is 0. The maximum atomic E-state index is 12.4. The molecular formula is C21H32N2O3S. The third kappa shape index (κ3) is 6.04. The van der Waals surface area contributed by atoms with Gasteiger partial charge >= 0.3 is 0 Å². The van der Waals surface area contributed by atoms with Crippen molar-refractivity contribution in [1.82, 2.24) is 10.2 Å². The highest BCUT2D eigenvalue weighted by atomic mass is 32.2. The second-order valence-corrected chi connectivity index (χ2v) is 10.9. The van der Waals surface area contributed by atoms with Crippen molar-refractivity contribution in [3.63, 3.8) is 0 Å². The molecule has 1 atom stereocenters. The Morgan fingerprint density at radius 2 is 1.89 bits per heavy atom. The summed E-state index contributed by atoms with van der Waals surface area (Å²) in [4.78, 5) is 14.6. The van der Waals surface area contributed by atoms with Crippen LogP contribution in [0.5, 0.6) is 0 Å². The molecular weight excluding hydrogens is 360 g/mol. The van der Waals surface area contributed by atoms with Crippen LogP contribution in [0.4, 0.5) is 0 Å². The fourth-order valence-electron chi connectivity index (χ4n) is 4.25. The zero-order valence-electron chi connectivity index (χ0n) is 16.5. The molecule has 2 aliphatic heterocycles. The number of nitrogens with one attached hydrogen (secondary N) is 1. The lowest BCUT2D eigenvalue weighted by molar-refractivity contribution is -0.124. The number of amides is 1. The molecule has 27 heavy (non-hydrogen) atoms. The highest BCUT2D eigenvalue weighted by Crippen LogP contribution is 2.24. The second-order valence-electron chi connectivity index (χ2n) is 8.69. The van der Waals surface area contributed by atoms with Gasteiger partial charge in [0.05, 0.1) is 23.6 Å². The molecule has 6 heteroatoms. The van der Waals surface area contributed by atoms with E-state index in [-0.39, 0.29) is 17.4 Å². The average molecular weight is 393 g/mol. The first-order chi connectivity index (χ1) is 12.7. The van der Waals surface area contributed by atoms with Crippen molar-refractivity contribution in [2.45, 2.75) is 51.5 Å². The summed E-state index contributed by atoms with van der Waals surface area (Å²) in [5.41, 5.74) is 2.11. The maximum absolute atomic E-state index is 12.4. The minimum Gasteiger partial charge on any atom is -0.349 e. The predicted molar refractivity (Wildman–Crippen MR) is 108 cm³/mol. The molecule has 2 aliphatic rings. The van der Waals surface area contributed by atoms with Gasteiger partial charge < -0.3 is 5.32 Å². The molecule has 1 amide bonds.